The highest BCUT2D eigenvalue weighted by Crippen LogP contribution is 2.15. The average molecular weight is 340 g/mol. The van der Waals surface area contributed by atoms with Gasteiger partial charge in [-0.15, -0.1) is 11.3 Å². The Balaban J connectivity index is 1.65. The molecule has 0 atom stereocenters. The van der Waals surface area contributed by atoms with Crippen molar-refractivity contribution in [2.75, 3.05) is 6.54 Å². The van der Waals surface area contributed by atoms with Crippen molar-refractivity contribution in [3.05, 3.63) is 63.2 Å². The van der Waals surface area contributed by atoms with E-state index >= 15 is 0 Å². The number of pyridine rings is 1. The van der Waals surface area contributed by atoms with Crippen molar-refractivity contribution in [3.63, 3.8) is 0 Å². The number of carbonyl (C=O) groups excluding carboxylic acids is 1. The molecule has 1 N–H and O–H groups in total. The lowest BCUT2D eigenvalue weighted by Gasteiger charge is -2.06. The first-order chi connectivity index (χ1) is 11.6. The Morgan fingerprint density at radius 3 is 2.67 bits per heavy atom. The molecule has 0 saturated carbocycles. The zero-order valence-corrected chi connectivity index (χ0v) is 14.9. The van der Waals surface area contributed by atoms with Crippen LogP contribution in [0.1, 0.15) is 32.2 Å². The van der Waals surface area contributed by atoms with E-state index in [0.29, 0.717) is 12.1 Å². The van der Waals surface area contributed by atoms with E-state index in [2.05, 4.69) is 21.5 Å². The molecule has 0 aromatic carbocycles. The number of hydrogen-bond donors (Lipinski definition) is 1. The molecule has 0 radical (unpaired) electrons. The van der Waals surface area contributed by atoms with Gasteiger partial charge in [0.15, 0.2) is 5.82 Å². The van der Waals surface area contributed by atoms with E-state index in [1.807, 2.05) is 43.0 Å². The summed E-state index contributed by atoms with van der Waals surface area (Å²) in [5, 5.41) is 9.46. The molecular weight excluding hydrogens is 320 g/mol. The molecule has 0 aliphatic carbocycles. The summed E-state index contributed by atoms with van der Waals surface area (Å²) in [4.78, 5) is 17.8. The number of hydrogen-bond acceptors (Lipinski definition) is 4. The maximum atomic E-state index is 12.2. The summed E-state index contributed by atoms with van der Waals surface area (Å²) in [5.41, 5.74) is 3.77. The molecule has 3 aromatic heterocycles. The van der Waals surface area contributed by atoms with Gasteiger partial charge in [-0.25, -0.2) is 9.67 Å². The van der Waals surface area contributed by atoms with Crippen LogP contribution in [0.3, 0.4) is 0 Å². The van der Waals surface area contributed by atoms with Crippen LogP contribution in [0.25, 0.3) is 5.82 Å². The second-order valence-corrected chi connectivity index (χ2v) is 6.73. The molecular formula is C18H20N4OS. The molecule has 0 fully saturated rings. The van der Waals surface area contributed by atoms with Gasteiger partial charge < -0.3 is 5.32 Å². The third-order valence-corrected chi connectivity index (χ3v) is 5.05. The molecule has 6 heteroatoms. The summed E-state index contributed by atoms with van der Waals surface area (Å²) in [6.45, 7) is 6.66. The van der Waals surface area contributed by atoms with Crippen LogP contribution in [0, 0.1) is 20.8 Å². The van der Waals surface area contributed by atoms with Crippen LogP contribution in [0.5, 0.6) is 0 Å². The summed E-state index contributed by atoms with van der Waals surface area (Å²) < 4.78 is 1.81. The van der Waals surface area contributed by atoms with Crippen molar-refractivity contribution in [1.29, 1.82) is 0 Å². The van der Waals surface area contributed by atoms with Gasteiger partial charge >= 0.3 is 0 Å². The van der Waals surface area contributed by atoms with E-state index in [-0.39, 0.29) is 5.91 Å². The van der Waals surface area contributed by atoms with Crippen LogP contribution in [0.15, 0.2) is 35.8 Å². The molecule has 0 spiro atoms. The van der Waals surface area contributed by atoms with Crippen molar-refractivity contribution in [2.24, 2.45) is 0 Å². The lowest BCUT2D eigenvalue weighted by molar-refractivity contribution is 0.0954. The highest BCUT2D eigenvalue weighted by Gasteiger charge is 2.11. The van der Waals surface area contributed by atoms with E-state index in [1.165, 1.54) is 4.88 Å². The minimum absolute atomic E-state index is 0.102. The lowest BCUT2D eigenvalue weighted by atomic mass is 10.2. The van der Waals surface area contributed by atoms with Gasteiger partial charge in [-0.2, -0.15) is 5.10 Å². The quantitative estimate of drug-likeness (QED) is 0.776. The molecule has 3 aromatic rings. The summed E-state index contributed by atoms with van der Waals surface area (Å²) in [7, 11) is 0. The summed E-state index contributed by atoms with van der Waals surface area (Å²) in [6.07, 6.45) is 2.45. The summed E-state index contributed by atoms with van der Waals surface area (Å²) in [5.74, 6) is 0.619. The molecule has 0 unspecified atom stereocenters. The van der Waals surface area contributed by atoms with E-state index in [4.69, 9.17) is 0 Å². The normalized spacial score (nSPS) is 10.8. The Bertz CT molecular complexity index is 835. The highest BCUT2D eigenvalue weighted by molar-refractivity contribution is 7.09. The first-order valence-electron chi connectivity index (χ1n) is 7.86. The Hall–Kier alpha value is -2.47. The molecule has 24 heavy (non-hydrogen) atoms. The second-order valence-electron chi connectivity index (χ2n) is 5.70. The monoisotopic (exact) mass is 340 g/mol. The number of rotatable bonds is 5. The van der Waals surface area contributed by atoms with Gasteiger partial charge in [-0.05, 0) is 56.3 Å². The van der Waals surface area contributed by atoms with Crippen molar-refractivity contribution < 1.29 is 4.79 Å². The third kappa shape index (κ3) is 3.38. The van der Waals surface area contributed by atoms with Gasteiger partial charge in [0.25, 0.3) is 5.91 Å². The SMILES string of the molecule is Cc1nn(-c2ccc(C(=O)NCCc3cccs3)cn2)c(C)c1C. The molecule has 1 amide bonds. The van der Waals surface area contributed by atoms with Crippen molar-refractivity contribution in [1.82, 2.24) is 20.1 Å². The van der Waals surface area contributed by atoms with Crippen molar-refractivity contribution in [2.45, 2.75) is 27.2 Å². The molecule has 0 aliphatic rings. The maximum Gasteiger partial charge on any atom is 0.252 e. The average Bonchev–Trinajstić information content (AvgIpc) is 3.19. The Morgan fingerprint density at radius 1 is 1.25 bits per heavy atom. The number of carbonyl (C=O) groups is 1. The minimum Gasteiger partial charge on any atom is -0.352 e. The standard InChI is InChI=1S/C18H20N4OS/c1-12-13(2)21-22(14(12)3)17-7-6-15(11-20-17)18(23)19-9-8-16-5-4-10-24-16/h4-7,10-11H,8-9H2,1-3H3,(H,19,23). The molecule has 0 bridgehead atoms. The first-order valence-corrected chi connectivity index (χ1v) is 8.74. The fourth-order valence-corrected chi connectivity index (χ4v) is 3.15. The lowest BCUT2D eigenvalue weighted by Crippen LogP contribution is -2.25. The van der Waals surface area contributed by atoms with Crippen molar-refractivity contribution >= 4 is 17.2 Å². The van der Waals surface area contributed by atoms with E-state index in [9.17, 15) is 4.79 Å². The number of amides is 1. The number of aromatic nitrogens is 3. The maximum absolute atomic E-state index is 12.2. The van der Waals surface area contributed by atoms with Crippen LogP contribution in [0.2, 0.25) is 0 Å². The van der Waals surface area contributed by atoms with E-state index in [0.717, 1.165) is 29.2 Å². The Kier molecular flexibility index (Phi) is 4.76. The number of nitrogens with one attached hydrogen (secondary N) is 1. The molecule has 3 rings (SSSR count). The molecule has 3 heterocycles. The summed E-state index contributed by atoms with van der Waals surface area (Å²) >= 11 is 1.70. The van der Waals surface area contributed by atoms with Crippen LogP contribution in [-0.2, 0) is 6.42 Å². The van der Waals surface area contributed by atoms with E-state index < -0.39 is 0 Å². The highest BCUT2D eigenvalue weighted by atomic mass is 32.1. The predicted molar refractivity (Wildman–Crippen MR) is 95.9 cm³/mol. The van der Waals surface area contributed by atoms with Crippen LogP contribution >= 0.6 is 11.3 Å². The number of aryl methyl sites for hydroxylation is 1. The van der Waals surface area contributed by atoms with Crippen LogP contribution in [-0.4, -0.2) is 27.2 Å². The molecule has 0 aliphatic heterocycles. The minimum atomic E-state index is -0.102. The van der Waals surface area contributed by atoms with Gasteiger partial charge in [-0.1, -0.05) is 6.07 Å². The first kappa shape index (κ1) is 16.4. The predicted octanol–water partition coefficient (Wildman–Crippen LogP) is 3.23. The Morgan fingerprint density at radius 2 is 2.08 bits per heavy atom. The fourth-order valence-electron chi connectivity index (χ4n) is 2.45. The zero-order valence-electron chi connectivity index (χ0n) is 14.0. The van der Waals surface area contributed by atoms with Crippen molar-refractivity contribution in [3.8, 4) is 5.82 Å². The van der Waals surface area contributed by atoms with Gasteiger partial charge in [0.05, 0.1) is 11.3 Å². The zero-order chi connectivity index (χ0) is 17.1. The summed E-state index contributed by atoms with van der Waals surface area (Å²) in [6, 6.07) is 7.70. The van der Waals surface area contributed by atoms with Gasteiger partial charge in [0.1, 0.15) is 0 Å². The van der Waals surface area contributed by atoms with Gasteiger partial charge in [-0.3, -0.25) is 4.79 Å². The van der Waals surface area contributed by atoms with Crippen LogP contribution in [0.4, 0.5) is 0 Å². The number of nitrogens with zero attached hydrogens (tertiary/aromatic N) is 3. The second kappa shape index (κ2) is 6.97. The molecule has 124 valence electrons. The topological polar surface area (TPSA) is 59.8 Å². The fraction of sp³-hybridized carbons (Fsp3) is 0.278. The molecule has 0 saturated heterocycles. The third-order valence-electron chi connectivity index (χ3n) is 4.12. The molecule has 5 nitrogen and oxygen atoms in total. The van der Waals surface area contributed by atoms with Crippen LogP contribution < -0.4 is 5.32 Å². The smallest absolute Gasteiger partial charge is 0.252 e. The van der Waals surface area contributed by atoms with Gasteiger partial charge in [0.2, 0.25) is 0 Å². The Labute approximate surface area is 145 Å². The largest absolute Gasteiger partial charge is 0.352 e. The number of thiophene rings is 1. The van der Waals surface area contributed by atoms with E-state index in [1.54, 1.807) is 23.6 Å². The van der Waals surface area contributed by atoms with Gasteiger partial charge in [0, 0.05) is 23.3 Å².